The molecule has 0 unspecified atom stereocenters. The lowest BCUT2D eigenvalue weighted by Crippen LogP contribution is -2.14. The van der Waals surface area contributed by atoms with E-state index in [1.165, 1.54) is 13.2 Å². The number of carbonyl (C=O) groups excluding carboxylic acids is 2. The van der Waals surface area contributed by atoms with Gasteiger partial charge in [-0.1, -0.05) is 36.4 Å². The zero-order valence-corrected chi connectivity index (χ0v) is 12.8. The quantitative estimate of drug-likeness (QED) is 0.628. The molecule has 0 fully saturated rings. The monoisotopic (exact) mass is 314 g/mol. The maximum Gasteiger partial charge on any atom is 0.343 e. The van der Waals surface area contributed by atoms with Crippen LogP contribution >= 0.6 is 0 Å². The maximum atomic E-state index is 12.4. The summed E-state index contributed by atoms with van der Waals surface area (Å²) >= 11 is 0. The fraction of sp³-hybridized carbons (Fsp3) is 0.222. The zero-order valence-electron chi connectivity index (χ0n) is 12.8. The lowest BCUT2D eigenvalue weighted by Gasteiger charge is -2.11. The maximum absolute atomic E-state index is 12.4. The summed E-state index contributed by atoms with van der Waals surface area (Å²) in [5, 5.41) is 9.96. The first kappa shape index (κ1) is 16.5. The molecule has 2 aromatic rings. The Balaban J connectivity index is 2.10. The van der Waals surface area contributed by atoms with Crippen LogP contribution in [0.4, 0.5) is 0 Å². The summed E-state index contributed by atoms with van der Waals surface area (Å²) in [7, 11) is 1.25. The number of carbonyl (C=O) groups is 2. The largest absolute Gasteiger partial charge is 0.507 e. The van der Waals surface area contributed by atoms with Gasteiger partial charge in [0, 0.05) is 6.42 Å². The van der Waals surface area contributed by atoms with Gasteiger partial charge in [0.2, 0.25) is 0 Å². The van der Waals surface area contributed by atoms with Gasteiger partial charge in [0.25, 0.3) is 0 Å². The Labute approximate surface area is 134 Å². The molecule has 2 aromatic carbocycles. The van der Waals surface area contributed by atoms with Crippen molar-refractivity contribution >= 4 is 11.8 Å². The summed E-state index contributed by atoms with van der Waals surface area (Å²) in [6.45, 7) is -0.321. The number of benzene rings is 2. The number of phenolic OH excluding ortho intramolecular Hbond substituents is 1. The average molecular weight is 314 g/mol. The van der Waals surface area contributed by atoms with Crippen LogP contribution in [0.15, 0.2) is 48.5 Å². The number of aromatic hydroxyl groups is 1. The van der Waals surface area contributed by atoms with Gasteiger partial charge in [-0.15, -0.1) is 0 Å². The molecule has 0 bridgehead atoms. The van der Waals surface area contributed by atoms with Crippen LogP contribution in [0.2, 0.25) is 0 Å². The number of ether oxygens (including phenoxy) is 2. The van der Waals surface area contributed by atoms with Crippen molar-refractivity contribution in [3.8, 4) is 11.5 Å². The molecule has 0 aliphatic heterocycles. The van der Waals surface area contributed by atoms with Crippen molar-refractivity contribution in [2.45, 2.75) is 12.8 Å². The molecule has 0 heterocycles. The molecule has 0 spiro atoms. The Morgan fingerprint density at radius 1 is 1.04 bits per heavy atom. The Morgan fingerprint density at radius 2 is 1.78 bits per heavy atom. The molecule has 5 nitrogen and oxygen atoms in total. The number of methoxy groups -OCH3 is 1. The van der Waals surface area contributed by atoms with E-state index >= 15 is 0 Å². The van der Waals surface area contributed by atoms with E-state index in [0.29, 0.717) is 6.42 Å². The Morgan fingerprint density at radius 3 is 2.48 bits per heavy atom. The number of Topliss-reactive ketones (excluding diaryl/α,β-unsaturated/α-hetero) is 1. The van der Waals surface area contributed by atoms with Crippen LogP contribution < -0.4 is 4.74 Å². The van der Waals surface area contributed by atoms with Crippen LogP contribution in [0.1, 0.15) is 22.3 Å². The van der Waals surface area contributed by atoms with Crippen LogP contribution in [0, 0.1) is 0 Å². The third kappa shape index (κ3) is 4.57. The van der Waals surface area contributed by atoms with Gasteiger partial charge in [-0.05, 0) is 24.1 Å². The Hall–Kier alpha value is -2.82. The van der Waals surface area contributed by atoms with Crippen molar-refractivity contribution in [1.82, 2.24) is 0 Å². The minimum Gasteiger partial charge on any atom is -0.507 e. The SMILES string of the molecule is COC(=O)COc1cccc(O)c1C(=O)CCc1ccccc1. The predicted molar refractivity (Wildman–Crippen MR) is 84.7 cm³/mol. The number of phenols is 1. The van der Waals surface area contributed by atoms with E-state index in [-0.39, 0.29) is 35.9 Å². The average Bonchev–Trinajstić information content (AvgIpc) is 2.58. The lowest BCUT2D eigenvalue weighted by molar-refractivity contribution is -0.142. The Bertz CT molecular complexity index is 679. The van der Waals surface area contributed by atoms with Crippen LogP contribution in [-0.2, 0) is 16.0 Å². The molecule has 0 radical (unpaired) electrons. The smallest absolute Gasteiger partial charge is 0.343 e. The first-order chi connectivity index (χ1) is 11.1. The molecule has 0 aromatic heterocycles. The van der Waals surface area contributed by atoms with Crippen molar-refractivity contribution in [3.05, 3.63) is 59.7 Å². The second kappa shape index (κ2) is 7.98. The number of esters is 1. The standard InChI is InChI=1S/C18H18O5/c1-22-17(21)12-23-16-9-5-8-14(19)18(16)15(20)11-10-13-6-3-2-4-7-13/h2-9,19H,10-12H2,1H3. The number of hydrogen-bond acceptors (Lipinski definition) is 5. The molecule has 2 rings (SSSR count). The molecule has 0 aliphatic rings. The van der Waals surface area contributed by atoms with Gasteiger partial charge < -0.3 is 14.6 Å². The number of rotatable bonds is 7. The summed E-state index contributed by atoms with van der Waals surface area (Å²) < 4.78 is 9.78. The van der Waals surface area contributed by atoms with Crippen molar-refractivity contribution in [1.29, 1.82) is 0 Å². The minimum atomic E-state index is -0.559. The molecular formula is C18H18O5. The number of aryl methyl sites for hydroxylation is 1. The molecule has 0 atom stereocenters. The van der Waals surface area contributed by atoms with Gasteiger partial charge in [-0.2, -0.15) is 0 Å². The highest BCUT2D eigenvalue weighted by Crippen LogP contribution is 2.29. The highest BCUT2D eigenvalue weighted by molar-refractivity contribution is 6.01. The first-order valence-electron chi connectivity index (χ1n) is 7.20. The third-order valence-electron chi connectivity index (χ3n) is 3.34. The van der Waals surface area contributed by atoms with Crippen LogP contribution in [-0.4, -0.2) is 30.6 Å². The fourth-order valence-corrected chi connectivity index (χ4v) is 2.14. The van der Waals surface area contributed by atoms with Gasteiger partial charge >= 0.3 is 5.97 Å². The van der Waals surface area contributed by atoms with E-state index in [1.54, 1.807) is 12.1 Å². The van der Waals surface area contributed by atoms with Gasteiger partial charge in [0.1, 0.15) is 17.1 Å². The lowest BCUT2D eigenvalue weighted by atomic mass is 10.0. The highest BCUT2D eigenvalue weighted by Gasteiger charge is 2.18. The highest BCUT2D eigenvalue weighted by atomic mass is 16.6. The molecule has 5 heteroatoms. The molecule has 0 amide bonds. The van der Waals surface area contributed by atoms with E-state index in [9.17, 15) is 14.7 Å². The first-order valence-corrected chi connectivity index (χ1v) is 7.20. The summed E-state index contributed by atoms with van der Waals surface area (Å²) in [4.78, 5) is 23.6. The number of ketones is 1. The summed E-state index contributed by atoms with van der Waals surface area (Å²) in [6, 6.07) is 14.1. The Kier molecular flexibility index (Phi) is 5.74. The van der Waals surface area contributed by atoms with Gasteiger partial charge in [-0.25, -0.2) is 4.79 Å². The number of hydrogen-bond donors (Lipinski definition) is 1. The normalized spacial score (nSPS) is 10.1. The van der Waals surface area contributed by atoms with E-state index in [4.69, 9.17) is 4.74 Å². The second-order valence-corrected chi connectivity index (χ2v) is 4.92. The molecule has 1 N–H and O–H groups in total. The third-order valence-corrected chi connectivity index (χ3v) is 3.34. The summed E-state index contributed by atoms with van der Waals surface area (Å²) in [5.41, 5.74) is 1.13. The molecule has 120 valence electrons. The van der Waals surface area contributed by atoms with Crippen LogP contribution in [0.5, 0.6) is 11.5 Å². The van der Waals surface area contributed by atoms with E-state index in [1.807, 2.05) is 30.3 Å². The predicted octanol–water partition coefficient (Wildman–Crippen LogP) is 2.76. The van der Waals surface area contributed by atoms with Gasteiger partial charge in [-0.3, -0.25) is 4.79 Å². The van der Waals surface area contributed by atoms with E-state index < -0.39 is 5.97 Å². The van der Waals surface area contributed by atoms with Gasteiger partial charge in [0.05, 0.1) is 7.11 Å². The molecule has 23 heavy (non-hydrogen) atoms. The molecule has 0 saturated carbocycles. The van der Waals surface area contributed by atoms with E-state index in [2.05, 4.69) is 4.74 Å². The second-order valence-electron chi connectivity index (χ2n) is 4.92. The topological polar surface area (TPSA) is 72.8 Å². The zero-order chi connectivity index (χ0) is 16.7. The van der Waals surface area contributed by atoms with Crippen LogP contribution in [0.25, 0.3) is 0 Å². The van der Waals surface area contributed by atoms with Gasteiger partial charge in [0.15, 0.2) is 12.4 Å². The molecule has 0 aliphatic carbocycles. The summed E-state index contributed by atoms with van der Waals surface area (Å²) in [6.07, 6.45) is 0.792. The van der Waals surface area contributed by atoms with E-state index in [0.717, 1.165) is 5.56 Å². The van der Waals surface area contributed by atoms with Crippen molar-refractivity contribution < 1.29 is 24.2 Å². The fourth-order valence-electron chi connectivity index (χ4n) is 2.14. The molecule has 0 saturated heterocycles. The van der Waals surface area contributed by atoms with Crippen molar-refractivity contribution in [3.63, 3.8) is 0 Å². The molecular weight excluding hydrogens is 296 g/mol. The van der Waals surface area contributed by atoms with Crippen molar-refractivity contribution in [2.24, 2.45) is 0 Å². The van der Waals surface area contributed by atoms with Crippen LogP contribution in [0.3, 0.4) is 0 Å². The minimum absolute atomic E-state index is 0.0901. The van der Waals surface area contributed by atoms with Crippen molar-refractivity contribution in [2.75, 3.05) is 13.7 Å². The summed E-state index contributed by atoms with van der Waals surface area (Å²) in [5.74, 6) is -0.790.